The van der Waals surface area contributed by atoms with Gasteiger partial charge in [0, 0.05) is 52.1 Å². The number of alkyl carbamates (subject to hydrolysis) is 2. The maximum atomic E-state index is 13.9. The van der Waals surface area contributed by atoms with E-state index in [4.69, 9.17) is 37.9 Å². The SMILES string of the molecule is CC(=O)N[C@@H]1CC=C(CNCCN(C(=O)OC(C)(C)C)C2CN(C(=O)OC(C)(C)C)C2)O[C@@H]1C1[C@@H](NC(=O)OC(C)(C)C)C[C@@H](NC(=O)[C@@H](O)CNC(=O)OC(C)(C)C)[C@H](O[C@H]2OC[C@](C)(O)[C@H](N(C)C(=O)OC(C)(C)C)[C@H]2O)[C@H]1O. The lowest BCUT2D eigenvalue weighted by Crippen LogP contribution is -2.71. The van der Waals surface area contributed by atoms with Gasteiger partial charge in [0.05, 0.1) is 50.0 Å². The molecule has 3 fully saturated rings. The number of aliphatic hydroxyl groups excluding tert-OH is 3. The van der Waals surface area contributed by atoms with Crippen LogP contribution < -0.4 is 26.6 Å². The van der Waals surface area contributed by atoms with E-state index in [2.05, 4.69) is 26.6 Å². The van der Waals surface area contributed by atoms with Crippen LogP contribution in [-0.2, 0) is 47.5 Å². The van der Waals surface area contributed by atoms with Crippen LogP contribution in [0.2, 0.25) is 0 Å². The van der Waals surface area contributed by atoms with Crippen molar-refractivity contribution in [1.82, 2.24) is 41.3 Å². The van der Waals surface area contributed by atoms with E-state index >= 15 is 0 Å². The van der Waals surface area contributed by atoms with Crippen molar-refractivity contribution in [3.05, 3.63) is 11.8 Å². The van der Waals surface area contributed by atoms with Gasteiger partial charge in [0.15, 0.2) is 6.29 Å². The molecule has 1 unspecified atom stereocenters. The van der Waals surface area contributed by atoms with Crippen molar-refractivity contribution in [2.45, 2.75) is 231 Å². The van der Waals surface area contributed by atoms with Crippen LogP contribution in [0.15, 0.2) is 11.8 Å². The van der Waals surface area contributed by atoms with Crippen LogP contribution in [0.1, 0.15) is 131 Å². The van der Waals surface area contributed by atoms with Crippen molar-refractivity contribution in [3.8, 4) is 0 Å². The molecule has 27 nitrogen and oxygen atoms in total. The fourth-order valence-electron chi connectivity index (χ4n) is 9.64. The number of rotatable bonds is 16. The van der Waals surface area contributed by atoms with Crippen molar-refractivity contribution in [2.75, 3.05) is 52.9 Å². The summed E-state index contributed by atoms with van der Waals surface area (Å²) in [6.45, 7) is 27.5. The van der Waals surface area contributed by atoms with Gasteiger partial charge in [-0.2, -0.15) is 0 Å². The Hall–Kier alpha value is -5.45. The molecule has 9 N–H and O–H groups in total. The van der Waals surface area contributed by atoms with Gasteiger partial charge >= 0.3 is 30.5 Å². The van der Waals surface area contributed by atoms with E-state index in [1.165, 1.54) is 30.7 Å². The third-order valence-corrected chi connectivity index (χ3v) is 12.9. The summed E-state index contributed by atoms with van der Waals surface area (Å²) >= 11 is 0. The number of amides is 7. The molecule has 81 heavy (non-hydrogen) atoms. The zero-order chi connectivity index (χ0) is 61.5. The van der Waals surface area contributed by atoms with E-state index in [1.54, 1.807) is 110 Å². The summed E-state index contributed by atoms with van der Waals surface area (Å²) in [5.41, 5.74) is -6.33. The first-order chi connectivity index (χ1) is 36.9. The number of aliphatic hydroxyl groups is 4. The molecule has 4 aliphatic rings. The minimum atomic E-state index is -1.91. The molecular formula is C54H94N8O19. The highest BCUT2D eigenvalue weighted by molar-refractivity contribution is 5.82. The van der Waals surface area contributed by atoms with Gasteiger partial charge in [-0.1, -0.05) is 0 Å². The molecule has 0 spiro atoms. The Morgan fingerprint density at radius 2 is 1.31 bits per heavy atom. The maximum absolute atomic E-state index is 13.9. The average Bonchev–Trinajstić information content (AvgIpc) is 3.25. The number of likely N-dealkylation sites (tertiary alicyclic amines) is 1. The molecule has 27 heteroatoms. The predicted octanol–water partition coefficient (Wildman–Crippen LogP) is 2.34. The van der Waals surface area contributed by atoms with Crippen LogP contribution in [0.4, 0.5) is 24.0 Å². The van der Waals surface area contributed by atoms with Gasteiger partial charge in [0.25, 0.3) is 5.91 Å². The molecule has 7 amide bonds. The normalized spacial score (nSPS) is 27.8. The molecule has 0 aromatic heterocycles. The van der Waals surface area contributed by atoms with Crippen LogP contribution in [-0.4, -0.2) is 231 Å². The van der Waals surface area contributed by atoms with Gasteiger partial charge in [0.2, 0.25) is 5.91 Å². The Bertz CT molecular complexity index is 2230. The Morgan fingerprint density at radius 3 is 1.86 bits per heavy atom. The molecule has 3 heterocycles. The number of hydrogen-bond donors (Lipinski definition) is 9. The second kappa shape index (κ2) is 26.9. The molecule has 0 bridgehead atoms. The zero-order valence-electron chi connectivity index (χ0n) is 50.6. The topological polar surface area (TPSA) is 344 Å². The molecule has 1 saturated carbocycles. The number of hydrogen-bond acceptors (Lipinski definition) is 20. The van der Waals surface area contributed by atoms with Gasteiger partial charge in [-0.05, 0) is 130 Å². The molecule has 464 valence electrons. The molecule has 12 atom stereocenters. The molecule has 0 radical (unpaired) electrons. The molecule has 0 aromatic carbocycles. The second-order valence-electron chi connectivity index (χ2n) is 26.4. The number of nitrogens with zero attached hydrogens (tertiary/aromatic N) is 3. The monoisotopic (exact) mass is 1160 g/mol. The largest absolute Gasteiger partial charge is 0.491 e. The van der Waals surface area contributed by atoms with Gasteiger partial charge in [-0.15, -0.1) is 0 Å². The summed E-state index contributed by atoms with van der Waals surface area (Å²) in [7, 11) is 1.31. The Kier molecular flexibility index (Phi) is 22.6. The first kappa shape index (κ1) is 68.1. The van der Waals surface area contributed by atoms with E-state index in [1.807, 2.05) is 0 Å². The summed E-state index contributed by atoms with van der Waals surface area (Å²) in [5, 5.41) is 61.7. The van der Waals surface area contributed by atoms with E-state index in [-0.39, 0.29) is 51.6 Å². The van der Waals surface area contributed by atoms with Gasteiger partial charge in [-0.25, -0.2) is 24.0 Å². The lowest BCUT2D eigenvalue weighted by molar-refractivity contribution is -0.305. The molecule has 3 aliphatic heterocycles. The summed E-state index contributed by atoms with van der Waals surface area (Å²) < 4.78 is 46.8. The summed E-state index contributed by atoms with van der Waals surface area (Å²) in [6.07, 6.45) is -12.5. The van der Waals surface area contributed by atoms with Crippen molar-refractivity contribution >= 4 is 42.3 Å². The summed E-state index contributed by atoms with van der Waals surface area (Å²) in [4.78, 5) is 97.0. The van der Waals surface area contributed by atoms with E-state index in [9.17, 15) is 54.0 Å². The predicted molar refractivity (Wildman–Crippen MR) is 291 cm³/mol. The van der Waals surface area contributed by atoms with Crippen molar-refractivity contribution in [2.24, 2.45) is 5.92 Å². The van der Waals surface area contributed by atoms with E-state index < -0.39 is 156 Å². The fraction of sp³-hybridized carbons (Fsp3) is 0.833. The maximum Gasteiger partial charge on any atom is 0.410 e. The van der Waals surface area contributed by atoms with Crippen LogP contribution in [0.3, 0.4) is 0 Å². The minimum absolute atomic E-state index is 0.0511. The van der Waals surface area contributed by atoms with Gasteiger partial charge in [0.1, 0.15) is 63.8 Å². The van der Waals surface area contributed by atoms with Crippen molar-refractivity contribution < 1.29 is 91.9 Å². The lowest BCUT2D eigenvalue weighted by Gasteiger charge is -2.52. The van der Waals surface area contributed by atoms with Crippen molar-refractivity contribution in [3.63, 3.8) is 0 Å². The third kappa shape index (κ3) is 21.0. The van der Waals surface area contributed by atoms with Gasteiger partial charge < -0.3 is 99.6 Å². The lowest BCUT2D eigenvalue weighted by atomic mass is 9.72. The smallest absolute Gasteiger partial charge is 0.410 e. The van der Waals surface area contributed by atoms with Crippen LogP contribution in [0.25, 0.3) is 0 Å². The number of nitrogens with one attached hydrogen (secondary N) is 5. The minimum Gasteiger partial charge on any atom is -0.491 e. The van der Waals surface area contributed by atoms with Crippen LogP contribution in [0, 0.1) is 5.92 Å². The summed E-state index contributed by atoms with van der Waals surface area (Å²) in [6, 6.07) is -5.27. The Labute approximate surface area is 476 Å². The number of carbonyl (C=O) groups is 7. The molecule has 0 aromatic rings. The highest BCUT2D eigenvalue weighted by atomic mass is 16.7. The summed E-state index contributed by atoms with van der Waals surface area (Å²) in [5.74, 6) is -2.46. The van der Waals surface area contributed by atoms with E-state index in [0.717, 1.165) is 4.90 Å². The highest BCUT2D eigenvalue weighted by Crippen LogP contribution is 2.39. The number of likely N-dealkylation sites (N-methyl/N-ethyl adjacent to an activating group) is 1. The third-order valence-electron chi connectivity index (χ3n) is 12.9. The molecule has 1 aliphatic carbocycles. The standard InChI is InChI=1S/C54H94N8O19/c1-29(63)57-32-20-19-31(24-55-21-22-62(48(72)81-53(14,15)16)30-26-61(27-30)47(71)80-52(11,12)13)75-39(32)36-33(59-45(69)78-50(5,6)7)23-34(58-42(67)35(64)25-56-44(68)77-49(2,3)4)40(37(36)65)76-43-38(66)41(54(17,73)28-74-43)60(18)46(70)79-51(8,9)10/h19,30,32-41,43,55,64-66,73H,20-28H2,1-18H3,(H,56,68)(H,57,63)(H,58,67)(H,59,69)/t32-,33+,34-,35+,36?,37+,38-,39+,40+,41-,43-,54+/m1/s1. The average molecular weight is 1160 g/mol. The fourth-order valence-corrected chi connectivity index (χ4v) is 9.64. The van der Waals surface area contributed by atoms with Crippen LogP contribution >= 0.6 is 0 Å². The van der Waals surface area contributed by atoms with Crippen molar-refractivity contribution in [1.29, 1.82) is 0 Å². The first-order valence-electron chi connectivity index (χ1n) is 27.5. The van der Waals surface area contributed by atoms with E-state index in [0.29, 0.717) is 5.76 Å². The van der Waals surface area contributed by atoms with Crippen LogP contribution in [0.5, 0.6) is 0 Å². The first-order valence-corrected chi connectivity index (χ1v) is 27.5. The Morgan fingerprint density at radius 1 is 0.753 bits per heavy atom. The highest BCUT2D eigenvalue weighted by Gasteiger charge is 2.57. The molecule has 2 saturated heterocycles. The molecule has 4 rings (SSSR count). The zero-order valence-corrected chi connectivity index (χ0v) is 50.6. The number of carbonyl (C=O) groups excluding carboxylic acids is 7. The van der Waals surface area contributed by atoms with Gasteiger partial charge in [-0.3, -0.25) is 9.59 Å². The number of ether oxygens (including phenoxy) is 8. The quantitative estimate of drug-likeness (QED) is 0.0791. The molecular weight excluding hydrogens is 1060 g/mol. The second-order valence-corrected chi connectivity index (χ2v) is 26.4. The Balaban J connectivity index is 1.72.